The zero-order chi connectivity index (χ0) is 14.0. The maximum Gasteiger partial charge on any atom is 0.534 e. The minimum absolute atomic E-state index is 0.109. The van der Waals surface area contributed by atoms with Gasteiger partial charge in [-0.2, -0.15) is 21.6 Å². The molecule has 18 heavy (non-hydrogen) atoms. The smallest absolute Gasteiger partial charge is 0.380 e. The van der Waals surface area contributed by atoms with E-state index in [1.807, 2.05) is 0 Å². The van der Waals surface area contributed by atoms with E-state index in [9.17, 15) is 21.6 Å². The molecule has 0 radical (unpaired) electrons. The van der Waals surface area contributed by atoms with Gasteiger partial charge in [0.15, 0.2) is 0 Å². The Kier molecular flexibility index (Phi) is 4.15. The third-order valence-corrected chi connectivity index (χ3v) is 4.14. The molecule has 104 valence electrons. The Morgan fingerprint density at radius 1 is 1.56 bits per heavy atom. The lowest BCUT2D eigenvalue weighted by atomic mass is 9.80. The zero-order valence-corrected chi connectivity index (χ0v) is 10.8. The highest BCUT2D eigenvalue weighted by Gasteiger charge is 2.51. The van der Waals surface area contributed by atoms with Gasteiger partial charge in [-0.15, -0.1) is 6.58 Å². The summed E-state index contributed by atoms with van der Waals surface area (Å²) in [6.45, 7) is 5.33. The molecular formula is C11H15F3O3S. The van der Waals surface area contributed by atoms with Crippen molar-refractivity contribution >= 4 is 10.1 Å². The Morgan fingerprint density at radius 3 is 2.61 bits per heavy atom. The van der Waals surface area contributed by atoms with Gasteiger partial charge in [0.25, 0.3) is 0 Å². The molecule has 3 nitrogen and oxygen atoms in total. The Balaban J connectivity index is 3.00. The van der Waals surface area contributed by atoms with E-state index < -0.39 is 21.0 Å². The average Bonchev–Trinajstić information content (AvgIpc) is 2.60. The monoisotopic (exact) mass is 284 g/mol. The van der Waals surface area contributed by atoms with E-state index in [0.29, 0.717) is 25.7 Å². The molecule has 0 saturated heterocycles. The van der Waals surface area contributed by atoms with Gasteiger partial charge in [-0.3, -0.25) is 0 Å². The van der Waals surface area contributed by atoms with Crippen LogP contribution in [0, 0.1) is 5.41 Å². The second-order valence-corrected chi connectivity index (χ2v) is 5.75. The van der Waals surface area contributed by atoms with Crippen molar-refractivity contribution in [1.29, 1.82) is 0 Å². The topological polar surface area (TPSA) is 43.4 Å². The number of allylic oxidation sites excluding steroid dienone is 3. The molecule has 0 aromatic rings. The van der Waals surface area contributed by atoms with E-state index in [1.54, 1.807) is 13.0 Å². The van der Waals surface area contributed by atoms with Gasteiger partial charge in [0.2, 0.25) is 0 Å². The van der Waals surface area contributed by atoms with Crippen LogP contribution in [0.2, 0.25) is 0 Å². The number of hydrogen-bond donors (Lipinski definition) is 0. The molecule has 1 aliphatic carbocycles. The van der Waals surface area contributed by atoms with Crippen molar-refractivity contribution in [2.45, 2.75) is 38.1 Å². The molecule has 0 aromatic heterocycles. The third kappa shape index (κ3) is 2.71. The normalized spacial score (nSPS) is 24.8. The molecule has 0 heterocycles. The highest BCUT2D eigenvalue weighted by molar-refractivity contribution is 7.87. The Morgan fingerprint density at radius 2 is 2.17 bits per heavy atom. The van der Waals surface area contributed by atoms with Crippen molar-refractivity contribution < 1.29 is 25.8 Å². The fraction of sp³-hybridized carbons (Fsp3) is 0.636. The largest absolute Gasteiger partial charge is 0.534 e. The first-order valence-corrected chi connectivity index (χ1v) is 6.91. The second-order valence-electron chi connectivity index (χ2n) is 4.22. The molecule has 0 saturated carbocycles. The van der Waals surface area contributed by atoms with E-state index in [4.69, 9.17) is 0 Å². The van der Waals surface area contributed by atoms with Crippen LogP contribution in [0.25, 0.3) is 0 Å². The van der Waals surface area contributed by atoms with Crippen LogP contribution in [0.4, 0.5) is 13.2 Å². The molecule has 0 N–H and O–H groups in total. The summed E-state index contributed by atoms with van der Waals surface area (Å²) in [6.07, 6.45) is 4.94. The highest BCUT2D eigenvalue weighted by atomic mass is 32.2. The van der Waals surface area contributed by atoms with Crippen molar-refractivity contribution in [2.24, 2.45) is 5.41 Å². The number of hydrogen-bond acceptors (Lipinski definition) is 3. The molecule has 0 aromatic carbocycles. The van der Waals surface area contributed by atoms with Crippen LogP contribution < -0.4 is 0 Å². The summed E-state index contributed by atoms with van der Waals surface area (Å²) in [5.74, 6) is -0.109. The van der Waals surface area contributed by atoms with Gasteiger partial charge in [0, 0.05) is 5.41 Å². The molecule has 1 aliphatic rings. The summed E-state index contributed by atoms with van der Waals surface area (Å²) in [5, 5.41) is 0. The number of halogens is 3. The first kappa shape index (κ1) is 15.1. The van der Waals surface area contributed by atoms with Crippen molar-refractivity contribution in [3.05, 3.63) is 24.5 Å². The lowest BCUT2D eigenvalue weighted by Crippen LogP contribution is -2.29. The van der Waals surface area contributed by atoms with Crippen LogP contribution in [0.15, 0.2) is 24.5 Å². The SMILES string of the molecule is C=CC[C@]1(CC)CCC=C1OS(=O)(=O)C(F)(F)F. The van der Waals surface area contributed by atoms with E-state index in [0.717, 1.165) is 0 Å². The molecule has 0 bridgehead atoms. The molecular weight excluding hydrogens is 269 g/mol. The summed E-state index contributed by atoms with van der Waals surface area (Å²) in [4.78, 5) is 0. The van der Waals surface area contributed by atoms with Crippen LogP contribution in [0.1, 0.15) is 32.6 Å². The molecule has 0 aliphatic heterocycles. The average molecular weight is 284 g/mol. The number of alkyl halides is 3. The summed E-state index contributed by atoms with van der Waals surface area (Å²) < 4.78 is 63.1. The predicted octanol–water partition coefficient (Wildman–Crippen LogP) is 3.50. The van der Waals surface area contributed by atoms with E-state index in [-0.39, 0.29) is 5.76 Å². The molecule has 0 amide bonds. The summed E-state index contributed by atoms with van der Waals surface area (Å²) in [5.41, 5.74) is -6.08. The standard InChI is InChI=1S/C11H15F3O3S/c1-3-7-10(4-2)8-5-6-9(10)17-18(15,16)11(12,13)14/h3,6H,1,4-5,7-8H2,2H3/t10-/m1/s1. The quantitative estimate of drug-likeness (QED) is 0.441. The maximum atomic E-state index is 12.3. The van der Waals surface area contributed by atoms with Crippen LogP contribution in [0.5, 0.6) is 0 Å². The fourth-order valence-electron chi connectivity index (χ4n) is 2.08. The minimum atomic E-state index is -5.58. The lowest BCUT2D eigenvalue weighted by Gasteiger charge is -2.29. The van der Waals surface area contributed by atoms with E-state index in [2.05, 4.69) is 10.8 Å². The Hall–Kier alpha value is -0.980. The molecule has 7 heteroatoms. The number of rotatable bonds is 5. The molecule has 0 fully saturated rings. The van der Waals surface area contributed by atoms with E-state index in [1.165, 1.54) is 6.08 Å². The summed E-state index contributed by atoms with van der Waals surface area (Å²) in [6, 6.07) is 0. The van der Waals surface area contributed by atoms with Gasteiger partial charge in [-0.25, -0.2) is 0 Å². The van der Waals surface area contributed by atoms with Crippen LogP contribution in [0.3, 0.4) is 0 Å². The van der Waals surface area contributed by atoms with E-state index >= 15 is 0 Å². The van der Waals surface area contributed by atoms with Crippen molar-refractivity contribution in [2.75, 3.05) is 0 Å². The second kappa shape index (κ2) is 4.95. The zero-order valence-electron chi connectivity index (χ0n) is 9.96. The van der Waals surface area contributed by atoms with Gasteiger partial charge >= 0.3 is 15.6 Å². The van der Waals surface area contributed by atoms with Gasteiger partial charge in [0.05, 0.1) is 0 Å². The van der Waals surface area contributed by atoms with Crippen LogP contribution in [-0.4, -0.2) is 13.9 Å². The van der Waals surface area contributed by atoms with Gasteiger partial charge < -0.3 is 4.18 Å². The summed E-state index contributed by atoms with van der Waals surface area (Å²) in [7, 11) is -5.58. The third-order valence-electron chi connectivity index (χ3n) is 3.17. The maximum absolute atomic E-state index is 12.3. The Bertz CT molecular complexity index is 451. The van der Waals surface area contributed by atoms with Crippen LogP contribution in [-0.2, 0) is 14.3 Å². The molecule has 1 atom stereocenters. The van der Waals surface area contributed by atoms with Crippen LogP contribution >= 0.6 is 0 Å². The first-order valence-electron chi connectivity index (χ1n) is 5.51. The predicted molar refractivity (Wildman–Crippen MR) is 60.9 cm³/mol. The van der Waals surface area contributed by atoms with Gasteiger partial charge in [-0.05, 0) is 31.8 Å². The van der Waals surface area contributed by atoms with Crippen molar-refractivity contribution in [1.82, 2.24) is 0 Å². The molecule has 0 unspecified atom stereocenters. The Labute approximate surface area is 104 Å². The van der Waals surface area contributed by atoms with Crippen molar-refractivity contribution in [3.8, 4) is 0 Å². The molecule has 0 spiro atoms. The van der Waals surface area contributed by atoms with Gasteiger partial charge in [-0.1, -0.05) is 13.0 Å². The molecule has 1 rings (SSSR count). The highest BCUT2D eigenvalue weighted by Crippen LogP contribution is 2.47. The summed E-state index contributed by atoms with van der Waals surface area (Å²) >= 11 is 0. The lowest BCUT2D eigenvalue weighted by molar-refractivity contribution is -0.0532. The first-order chi connectivity index (χ1) is 8.18. The fourth-order valence-corrected chi connectivity index (χ4v) is 2.66. The van der Waals surface area contributed by atoms with Gasteiger partial charge in [0.1, 0.15) is 5.76 Å². The van der Waals surface area contributed by atoms with Crippen molar-refractivity contribution in [3.63, 3.8) is 0 Å². The minimum Gasteiger partial charge on any atom is -0.380 e.